The summed E-state index contributed by atoms with van der Waals surface area (Å²) in [7, 11) is 7.23. The summed E-state index contributed by atoms with van der Waals surface area (Å²) < 4.78 is 40.5. The van der Waals surface area contributed by atoms with Crippen LogP contribution in [0.4, 0.5) is 30.4 Å². The van der Waals surface area contributed by atoms with E-state index in [9.17, 15) is 27.6 Å². The number of aryl methyl sites for hydroxylation is 1. The largest absolute Gasteiger partial charge is 0.416 e. The summed E-state index contributed by atoms with van der Waals surface area (Å²) in [6, 6.07) is 5.81. The van der Waals surface area contributed by atoms with Gasteiger partial charge in [-0.3, -0.25) is 19.3 Å². The highest BCUT2D eigenvalue weighted by Crippen LogP contribution is 2.38. The molecule has 3 rings (SSSR count). The lowest BCUT2D eigenvalue weighted by molar-refractivity contribution is -0.137. The molecule has 9 nitrogen and oxygen atoms in total. The average Bonchev–Trinajstić information content (AvgIpc) is 3.31. The Balaban J connectivity index is 1.72. The molecule has 1 unspecified atom stereocenters. The van der Waals surface area contributed by atoms with Crippen molar-refractivity contribution < 1.29 is 27.6 Å². The lowest BCUT2D eigenvalue weighted by Crippen LogP contribution is -2.46. The second kappa shape index (κ2) is 14.7. The molecule has 0 saturated carbocycles. The number of benzene rings is 1. The van der Waals surface area contributed by atoms with E-state index >= 15 is 0 Å². The number of nitrogens with zero attached hydrogens (tertiary/aromatic N) is 5. The van der Waals surface area contributed by atoms with E-state index in [1.165, 1.54) is 17.9 Å². The first-order chi connectivity index (χ1) is 20.2. The molecule has 0 spiro atoms. The second-order valence-corrected chi connectivity index (χ2v) is 11.2. The lowest BCUT2D eigenvalue weighted by atomic mass is 10.1. The summed E-state index contributed by atoms with van der Waals surface area (Å²) >= 11 is 6.58. The van der Waals surface area contributed by atoms with Gasteiger partial charge in [-0.05, 0) is 64.5 Å². The number of aromatic nitrogens is 1. The van der Waals surface area contributed by atoms with Gasteiger partial charge in [-0.25, -0.2) is 4.98 Å². The number of amides is 3. The number of pyridine rings is 1. The van der Waals surface area contributed by atoms with Crippen LogP contribution < -0.4 is 20.0 Å². The molecule has 0 radical (unpaired) electrons. The smallest absolute Gasteiger partial charge is 0.372 e. The molecule has 1 aromatic carbocycles. The predicted octanol–water partition coefficient (Wildman–Crippen LogP) is 4.67. The van der Waals surface area contributed by atoms with Crippen molar-refractivity contribution in [3.05, 3.63) is 58.8 Å². The number of carbonyl (C=O) groups is 3. The van der Waals surface area contributed by atoms with Gasteiger partial charge in [-0.2, -0.15) is 13.2 Å². The van der Waals surface area contributed by atoms with Crippen molar-refractivity contribution in [1.82, 2.24) is 15.2 Å². The van der Waals surface area contributed by atoms with Gasteiger partial charge < -0.3 is 20.0 Å². The van der Waals surface area contributed by atoms with Crippen LogP contribution in [0.25, 0.3) is 0 Å². The van der Waals surface area contributed by atoms with Crippen molar-refractivity contribution >= 4 is 46.5 Å². The van der Waals surface area contributed by atoms with Gasteiger partial charge in [-0.1, -0.05) is 23.7 Å². The van der Waals surface area contributed by atoms with Crippen molar-refractivity contribution in [2.24, 2.45) is 0 Å². The fraction of sp³-hybridized carbons (Fsp3) is 0.467. The molecule has 1 aromatic heterocycles. The number of carbonyl (C=O) groups excluding carboxylic acids is 3. The third-order valence-corrected chi connectivity index (χ3v) is 7.31. The monoisotopic (exact) mass is 622 g/mol. The molecular formula is C30H38ClF3N6O3. The predicted molar refractivity (Wildman–Crippen MR) is 163 cm³/mol. The molecule has 1 aliphatic heterocycles. The van der Waals surface area contributed by atoms with E-state index in [1.54, 1.807) is 31.3 Å². The minimum Gasteiger partial charge on any atom is -0.372 e. The summed E-state index contributed by atoms with van der Waals surface area (Å²) in [6.45, 7) is 3.16. The molecule has 0 bridgehead atoms. The first kappa shape index (κ1) is 33.9. The zero-order chi connectivity index (χ0) is 31.9. The summed E-state index contributed by atoms with van der Waals surface area (Å²) in [4.78, 5) is 49.0. The summed E-state index contributed by atoms with van der Waals surface area (Å²) in [5.41, 5.74) is 0.239. The van der Waals surface area contributed by atoms with Crippen LogP contribution in [-0.2, 0) is 20.6 Å². The van der Waals surface area contributed by atoms with Crippen LogP contribution in [-0.4, -0.2) is 81.5 Å². The number of unbranched alkanes of at least 4 members (excludes halogenated alkanes) is 1. The van der Waals surface area contributed by atoms with Gasteiger partial charge in [0, 0.05) is 51.9 Å². The molecule has 2 heterocycles. The van der Waals surface area contributed by atoms with Gasteiger partial charge in [0.1, 0.15) is 11.9 Å². The minimum atomic E-state index is -4.63. The number of anilines is 3. The van der Waals surface area contributed by atoms with Crippen LogP contribution in [0.3, 0.4) is 0 Å². The zero-order valence-electron chi connectivity index (χ0n) is 25.0. The third kappa shape index (κ3) is 8.93. The lowest BCUT2D eigenvalue weighted by Gasteiger charge is -2.31. The van der Waals surface area contributed by atoms with Gasteiger partial charge in [0.25, 0.3) is 0 Å². The highest BCUT2D eigenvalue weighted by atomic mass is 35.5. The van der Waals surface area contributed by atoms with Crippen molar-refractivity contribution in [3.8, 4) is 0 Å². The second-order valence-electron chi connectivity index (χ2n) is 10.8. The van der Waals surface area contributed by atoms with Crippen LogP contribution in [0.1, 0.15) is 36.9 Å². The highest BCUT2D eigenvalue weighted by Gasteiger charge is 2.41. The quantitative estimate of drug-likeness (QED) is 0.273. The summed E-state index contributed by atoms with van der Waals surface area (Å²) in [6.07, 6.45) is 0.263. The number of halogens is 4. The van der Waals surface area contributed by atoms with E-state index in [0.29, 0.717) is 42.5 Å². The maximum Gasteiger partial charge on any atom is 0.416 e. The maximum absolute atomic E-state index is 13.8. The Morgan fingerprint density at radius 1 is 1.16 bits per heavy atom. The van der Waals surface area contributed by atoms with Gasteiger partial charge in [0.05, 0.1) is 22.0 Å². The molecule has 1 atom stereocenters. The zero-order valence-corrected chi connectivity index (χ0v) is 25.8. The SMILES string of the molecule is Cc1cc(C(F)(F)F)cc(N2C(=O)CCC2C(=O)N(C)c2cccc(Cl)c2N(C)CCCCNC(=O)/C=C/CN(C)C)n1. The molecule has 3 amide bonds. The molecule has 43 heavy (non-hydrogen) atoms. The molecule has 1 aliphatic rings. The molecular weight excluding hydrogens is 585 g/mol. The topological polar surface area (TPSA) is 89.1 Å². The Morgan fingerprint density at radius 2 is 1.88 bits per heavy atom. The van der Waals surface area contributed by atoms with E-state index in [0.717, 1.165) is 23.5 Å². The van der Waals surface area contributed by atoms with Gasteiger partial charge in [0.2, 0.25) is 17.7 Å². The van der Waals surface area contributed by atoms with Gasteiger partial charge in [0.15, 0.2) is 0 Å². The van der Waals surface area contributed by atoms with Crippen LogP contribution in [0.5, 0.6) is 0 Å². The standard InChI is InChI=1S/C30H38ClF3N6O3/c1-20-18-21(30(32,33)34)19-25(36-20)40-24(13-14-27(40)42)29(43)39(5)23-11-8-10-22(31)28(23)38(4)17-7-6-15-35-26(41)12-9-16-37(2)3/h8-12,18-19,24H,6-7,13-17H2,1-5H3,(H,35,41)/b12-9+. The molecule has 1 saturated heterocycles. The molecule has 2 aromatic rings. The van der Waals surface area contributed by atoms with Crippen molar-refractivity contribution in [3.63, 3.8) is 0 Å². The third-order valence-electron chi connectivity index (χ3n) is 7.01. The molecule has 234 valence electrons. The van der Waals surface area contributed by atoms with Crippen molar-refractivity contribution in [2.75, 3.05) is 62.5 Å². The number of nitrogens with one attached hydrogen (secondary N) is 1. The molecule has 1 fully saturated rings. The maximum atomic E-state index is 13.8. The normalized spacial score (nSPS) is 15.4. The van der Waals surface area contributed by atoms with Crippen LogP contribution in [0.15, 0.2) is 42.5 Å². The number of rotatable bonds is 12. The molecule has 1 N–H and O–H groups in total. The fourth-order valence-electron chi connectivity index (χ4n) is 4.86. The Kier molecular flexibility index (Phi) is 11.6. The Morgan fingerprint density at radius 3 is 2.56 bits per heavy atom. The van der Waals surface area contributed by atoms with E-state index in [2.05, 4.69) is 10.3 Å². The van der Waals surface area contributed by atoms with Crippen molar-refractivity contribution in [2.45, 2.75) is 44.8 Å². The average molecular weight is 623 g/mol. The van der Waals surface area contributed by atoms with E-state index in [1.807, 2.05) is 30.9 Å². The minimum absolute atomic E-state index is 0.00546. The number of hydrogen-bond donors (Lipinski definition) is 1. The number of para-hydroxylation sites is 1. The van der Waals surface area contributed by atoms with Gasteiger partial charge >= 0.3 is 6.18 Å². The van der Waals surface area contributed by atoms with E-state index in [4.69, 9.17) is 11.6 Å². The van der Waals surface area contributed by atoms with Crippen LogP contribution in [0.2, 0.25) is 5.02 Å². The number of likely N-dealkylation sites (N-methyl/N-ethyl adjacent to an activating group) is 2. The van der Waals surface area contributed by atoms with Gasteiger partial charge in [-0.15, -0.1) is 0 Å². The van der Waals surface area contributed by atoms with Crippen molar-refractivity contribution in [1.29, 1.82) is 0 Å². The Hall–Kier alpha value is -3.64. The highest BCUT2D eigenvalue weighted by molar-refractivity contribution is 6.34. The first-order valence-corrected chi connectivity index (χ1v) is 14.3. The first-order valence-electron chi connectivity index (χ1n) is 13.9. The van der Waals surface area contributed by atoms with Crippen LogP contribution >= 0.6 is 11.6 Å². The Labute approximate surface area is 255 Å². The summed E-state index contributed by atoms with van der Waals surface area (Å²) in [5, 5.41) is 3.26. The summed E-state index contributed by atoms with van der Waals surface area (Å²) in [5.74, 6) is -1.30. The van der Waals surface area contributed by atoms with Crippen LogP contribution in [0, 0.1) is 6.92 Å². The fourth-order valence-corrected chi connectivity index (χ4v) is 5.18. The van der Waals surface area contributed by atoms with E-state index in [-0.39, 0.29) is 30.3 Å². The number of alkyl halides is 3. The Bertz CT molecular complexity index is 1350. The number of hydrogen-bond acceptors (Lipinski definition) is 6. The van der Waals surface area contributed by atoms with E-state index < -0.39 is 29.6 Å². The molecule has 13 heteroatoms. The molecule has 0 aliphatic carbocycles.